The van der Waals surface area contributed by atoms with Gasteiger partial charge in [-0.3, -0.25) is 35.3 Å². The molecule has 0 saturated carbocycles. The molecule has 142 valence electrons. The number of amides is 3. The lowest BCUT2D eigenvalue weighted by Gasteiger charge is -2.21. The molecule has 27 heavy (non-hydrogen) atoms. The van der Waals surface area contributed by atoms with E-state index in [1.165, 1.54) is 30.5 Å². The molecular formula is C17H18N4O6. The minimum absolute atomic E-state index is 0.00483. The number of carbonyl (C=O) groups excluding carboxylic acids is 3. The topological polar surface area (TPSA) is 144 Å². The molecule has 0 radical (unpaired) electrons. The molecular weight excluding hydrogens is 356 g/mol. The van der Waals surface area contributed by atoms with Crippen LogP contribution in [0.3, 0.4) is 0 Å². The summed E-state index contributed by atoms with van der Waals surface area (Å²) >= 11 is 0. The fourth-order valence-corrected chi connectivity index (χ4v) is 2.18. The Morgan fingerprint density at radius 2 is 1.81 bits per heavy atom. The number of non-ortho nitro benzene ring substituents is 1. The van der Waals surface area contributed by atoms with Crippen molar-refractivity contribution in [3.05, 3.63) is 64.1 Å². The molecule has 3 amide bonds. The third kappa shape index (κ3) is 5.14. The Kier molecular flexibility index (Phi) is 6.26. The van der Waals surface area contributed by atoms with Crippen molar-refractivity contribution in [1.82, 2.24) is 16.2 Å². The number of furan rings is 1. The summed E-state index contributed by atoms with van der Waals surface area (Å²) in [4.78, 5) is 46.6. The van der Waals surface area contributed by atoms with Crippen LogP contribution in [-0.4, -0.2) is 28.7 Å². The largest absolute Gasteiger partial charge is 0.459 e. The van der Waals surface area contributed by atoms with Crippen LogP contribution in [0.25, 0.3) is 0 Å². The summed E-state index contributed by atoms with van der Waals surface area (Å²) in [5.74, 6) is -2.18. The standard InChI is InChI=1S/C17H18N4O6/c1-10(2)14(18-16(23)13-7-4-8-27-13)17(24)20-19-15(22)11-5-3-6-12(9-11)21(25)26/h3-10,14H,1-2H3,(H,18,23)(H,19,22)(H,20,24)/t14-/m0/s1. The highest BCUT2D eigenvalue weighted by Gasteiger charge is 2.26. The summed E-state index contributed by atoms with van der Waals surface area (Å²) in [6.07, 6.45) is 1.33. The van der Waals surface area contributed by atoms with E-state index in [2.05, 4.69) is 16.2 Å². The molecule has 0 fully saturated rings. The van der Waals surface area contributed by atoms with Gasteiger partial charge in [-0.05, 0) is 24.1 Å². The predicted molar refractivity (Wildman–Crippen MR) is 93.5 cm³/mol. The number of nitro benzene ring substituents is 1. The second kappa shape index (κ2) is 8.61. The van der Waals surface area contributed by atoms with Gasteiger partial charge in [0.1, 0.15) is 6.04 Å². The lowest BCUT2D eigenvalue weighted by Crippen LogP contribution is -2.54. The molecule has 1 aromatic carbocycles. The van der Waals surface area contributed by atoms with Crippen LogP contribution < -0.4 is 16.2 Å². The fraction of sp³-hybridized carbons (Fsp3) is 0.235. The number of benzene rings is 1. The van der Waals surface area contributed by atoms with Gasteiger partial charge >= 0.3 is 0 Å². The van der Waals surface area contributed by atoms with Crippen molar-refractivity contribution in [2.75, 3.05) is 0 Å². The maximum Gasteiger partial charge on any atom is 0.287 e. The average molecular weight is 374 g/mol. The van der Waals surface area contributed by atoms with Gasteiger partial charge in [-0.2, -0.15) is 0 Å². The van der Waals surface area contributed by atoms with Crippen LogP contribution in [0.5, 0.6) is 0 Å². The van der Waals surface area contributed by atoms with Crippen molar-refractivity contribution in [2.24, 2.45) is 5.92 Å². The average Bonchev–Trinajstić information content (AvgIpc) is 3.18. The van der Waals surface area contributed by atoms with Crippen LogP contribution in [0.2, 0.25) is 0 Å². The van der Waals surface area contributed by atoms with E-state index in [1.807, 2.05) is 0 Å². The number of carbonyl (C=O) groups is 3. The zero-order valence-corrected chi connectivity index (χ0v) is 14.6. The lowest BCUT2D eigenvalue weighted by atomic mass is 10.0. The van der Waals surface area contributed by atoms with Crippen molar-refractivity contribution in [2.45, 2.75) is 19.9 Å². The van der Waals surface area contributed by atoms with Gasteiger partial charge in [0.05, 0.1) is 11.2 Å². The van der Waals surface area contributed by atoms with Crippen molar-refractivity contribution in [1.29, 1.82) is 0 Å². The Balaban J connectivity index is 1.99. The molecule has 2 rings (SSSR count). The van der Waals surface area contributed by atoms with E-state index in [1.54, 1.807) is 19.9 Å². The lowest BCUT2D eigenvalue weighted by molar-refractivity contribution is -0.384. The zero-order valence-electron chi connectivity index (χ0n) is 14.6. The Labute approximate surface area is 154 Å². The number of hydrazine groups is 1. The summed E-state index contributed by atoms with van der Waals surface area (Å²) in [7, 11) is 0. The Morgan fingerprint density at radius 3 is 2.41 bits per heavy atom. The quantitative estimate of drug-likeness (QED) is 0.515. The van der Waals surface area contributed by atoms with Crippen molar-refractivity contribution >= 4 is 23.4 Å². The minimum atomic E-state index is -0.937. The number of hydrogen-bond donors (Lipinski definition) is 3. The van der Waals surface area contributed by atoms with Gasteiger partial charge in [-0.15, -0.1) is 0 Å². The van der Waals surface area contributed by atoms with Crippen LogP contribution in [0, 0.1) is 16.0 Å². The van der Waals surface area contributed by atoms with Crippen LogP contribution in [0.15, 0.2) is 47.1 Å². The number of nitro groups is 1. The van der Waals surface area contributed by atoms with E-state index < -0.39 is 28.7 Å². The first-order valence-corrected chi connectivity index (χ1v) is 7.98. The van der Waals surface area contributed by atoms with Gasteiger partial charge < -0.3 is 9.73 Å². The highest BCUT2D eigenvalue weighted by Crippen LogP contribution is 2.12. The maximum absolute atomic E-state index is 12.3. The fourth-order valence-electron chi connectivity index (χ4n) is 2.18. The Bertz CT molecular complexity index is 847. The van der Waals surface area contributed by atoms with Gasteiger partial charge in [0.15, 0.2) is 5.76 Å². The summed E-state index contributed by atoms with van der Waals surface area (Å²) < 4.78 is 4.97. The first kappa shape index (κ1) is 19.6. The molecule has 0 aliphatic rings. The van der Waals surface area contributed by atoms with Gasteiger partial charge in [0, 0.05) is 17.7 Å². The summed E-state index contributed by atoms with van der Waals surface area (Å²) in [5.41, 5.74) is 4.14. The van der Waals surface area contributed by atoms with Gasteiger partial charge in [-0.1, -0.05) is 19.9 Å². The predicted octanol–water partition coefficient (Wildman–Crippen LogP) is 1.40. The summed E-state index contributed by atoms with van der Waals surface area (Å²) in [6, 6.07) is 7.11. The molecule has 10 heteroatoms. The smallest absolute Gasteiger partial charge is 0.287 e. The van der Waals surface area contributed by atoms with Crippen LogP contribution >= 0.6 is 0 Å². The SMILES string of the molecule is CC(C)[C@H](NC(=O)c1ccco1)C(=O)NNC(=O)c1cccc([N+](=O)[O-])c1. The molecule has 1 aromatic heterocycles. The van der Waals surface area contributed by atoms with E-state index in [9.17, 15) is 24.5 Å². The van der Waals surface area contributed by atoms with Gasteiger partial charge in [-0.25, -0.2) is 0 Å². The monoisotopic (exact) mass is 374 g/mol. The van der Waals surface area contributed by atoms with E-state index >= 15 is 0 Å². The first-order valence-electron chi connectivity index (χ1n) is 7.98. The summed E-state index contributed by atoms with van der Waals surface area (Å²) in [6.45, 7) is 3.43. The molecule has 1 atom stereocenters. The molecule has 1 heterocycles. The molecule has 2 aromatic rings. The van der Waals surface area contributed by atoms with E-state index in [0.29, 0.717) is 0 Å². The molecule has 0 aliphatic heterocycles. The first-order chi connectivity index (χ1) is 12.8. The number of rotatable bonds is 6. The van der Waals surface area contributed by atoms with E-state index in [-0.39, 0.29) is 22.9 Å². The van der Waals surface area contributed by atoms with Crippen molar-refractivity contribution in [3.8, 4) is 0 Å². The van der Waals surface area contributed by atoms with Gasteiger partial charge in [0.25, 0.3) is 23.4 Å². The second-order valence-corrected chi connectivity index (χ2v) is 5.92. The normalized spacial score (nSPS) is 11.5. The summed E-state index contributed by atoms with van der Waals surface area (Å²) in [5, 5.41) is 13.3. The maximum atomic E-state index is 12.3. The van der Waals surface area contributed by atoms with Crippen LogP contribution in [0.4, 0.5) is 5.69 Å². The molecule has 0 saturated heterocycles. The third-order valence-electron chi connectivity index (χ3n) is 3.60. The van der Waals surface area contributed by atoms with Gasteiger partial charge in [0.2, 0.25) is 0 Å². The number of hydrogen-bond acceptors (Lipinski definition) is 6. The molecule has 0 unspecified atom stereocenters. The van der Waals surface area contributed by atoms with E-state index in [4.69, 9.17) is 4.42 Å². The number of nitrogens with zero attached hydrogens (tertiary/aromatic N) is 1. The van der Waals surface area contributed by atoms with Crippen LogP contribution in [0.1, 0.15) is 34.8 Å². The number of nitrogens with one attached hydrogen (secondary N) is 3. The Morgan fingerprint density at radius 1 is 1.07 bits per heavy atom. The molecule has 3 N–H and O–H groups in total. The highest BCUT2D eigenvalue weighted by molar-refractivity contribution is 5.98. The second-order valence-electron chi connectivity index (χ2n) is 5.92. The molecule has 0 aliphatic carbocycles. The molecule has 10 nitrogen and oxygen atoms in total. The van der Waals surface area contributed by atoms with Crippen LogP contribution in [-0.2, 0) is 4.79 Å². The van der Waals surface area contributed by atoms with E-state index in [0.717, 1.165) is 6.07 Å². The van der Waals surface area contributed by atoms with Crippen molar-refractivity contribution in [3.63, 3.8) is 0 Å². The Hall–Kier alpha value is -3.69. The minimum Gasteiger partial charge on any atom is -0.459 e. The highest BCUT2D eigenvalue weighted by atomic mass is 16.6. The third-order valence-corrected chi connectivity index (χ3v) is 3.60. The van der Waals surface area contributed by atoms with Crippen molar-refractivity contribution < 1.29 is 23.7 Å². The zero-order chi connectivity index (χ0) is 20.0. The molecule has 0 bridgehead atoms. The molecule has 0 spiro atoms.